The number of methoxy groups -OCH3 is 1. The normalized spacial score (nSPS) is 15.4. The van der Waals surface area contributed by atoms with Gasteiger partial charge in [0, 0.05) is 25.1 Å². The fraction of sp³-hybridized carbons (Fsp3) is 0.294. The van der Waals surface area contributed by atoms with Crippen LogP contribution in [0.2, 0.25) is 0 Å². The molecule has 1 aromatic rings. The first-order valence-corrected chi connectivity index (χ1v) is 9.01. The second kappa shape index (κ2) is 9.35. The minimum atomic E-state index is -0.983. The van der Waals surface area contributed by atoms with Gasteiger partial charge >= 0.3 is 5.97 Å². The number of nitrogens with one attached hydrogen (secondary N) is 1. The highest BCUT2D eigenvalue weighted by molar-refractivity contribution is 8.26. The summed E-state index contributed by atoms with van der Waals surface area (Å²) in [6, 6.07) is 7.32. The largest absolute Gasteiger partial charge is 0.496 e. The molecule has 0 saturated carbocycles. The number of thioether (sulfide) groups is 1. The van der Waals surface area contributed by atoms with Crippen LogP contribution in [0, 0.1) is 0 Å². The smallest absolute Gasteiger partial charge is 0.305 e. The number of hydrogen-bond acceptors (Lipinski definition) is 6. The summed E-state index contributed by atoms with van der Waals surface area (Å²) in [5, 5.41) is 11.0. The molecule has 1 aliphatic rings. The Labute approximate surface area is 160 Å². The number of rotatable bonds is 8. The number of para-hydroxylation sites is 1. The van der Waals surface area contributed by atoms with Gasteiger partial charge in [-0.1, -0.05) is 42.2 Å². The van der Waals surface area contributed by atoms with Gasteiger partial charge in [0.1, 0.15) is 10.1 Å². The van der Waals surface area contributed by atoms with Crippen LogP contribution >= 0.6 is 24.0 Å². The highest BCUT2D eigenvalue weighted by atomic mass is 32.2. The van der Waals surface area contributed by atoms with Crippen LogP contribution in [-0.4, -0.2) is 52.3 Å². The zero-order valence-electron chi connectivity index (χ0n) is 14.1. The Bertz CT molecular complexity index is 763. The third kappa shape index (κ3) is 5.30. The number of benzene rings is 1. The number of carbonyl (C=O) groups is 3. The van der Waals surface area contributed by atoms with Crippen molar-refractivity contribution >= 4 is 52.2 Å². The minimum Gasteiger partial charge on any atom is -0.496 e. The van der Waals surface area contributed by atoms with Gasteiger partial charge in [-0.15, -0.1) is 0 Å². The Hall–Kier alpha value is -2.39. The molecule has 1 fully saturated rings. The van der Waals surface area contributed by atoms with Crippen LogP contribution in [0.1, 0.15) is 18.4 Å². The predicted octanol–water partition coefficient (Wildman–Crippen LogP) is 1.88. The number of carboxylic acid groups (broad SMARTS) is 1. The summed E-state index contributed by atoms with van der Waals surface area (Å²) in [7, 11) is 1.56. The first kappa shape index (κ1) is 19.9. The van der Waals surface area contributed by atoms with Crippen molar-refractivity contribution in [3.05, 3.63) is 34.7 Å². The van der Waals surface area contributed by atoms with Crippen molar-refractivity contribution in [1.29, 1.82) is 0 Å². The number of nitrogens with zero attached hydrogens (tertiary/aromatic N) is 1. The second-order valence-corrected chi connectivity index (χ2v) is 6.99. The number of hydrogen-bond donors (Lipinski definition) is 2. The van der Waals surface area contributed by atoms with Crippen LogP contribution in [0.5, 0.6) is 5.75 Å². The molecule has 0 unspecified atom stereocenters. The van der Waals surface area contributed by atoms with E-state index in [0.717, 1.165) is 5.56 Å². The molecule has 1 saturated heterocycles. The molecule has 9 heteroatoms. The molecule has 2 amide bonds. The Morgan fingerprint density at radius 2 is 2.08 bits per heavy atom. The molecule has 26 heavy (non-hydrogen) atoms. The van der Waals surface area contributed by atoms with E-state index in [9.17, 15) is 14.4 Å². The maximum absolute atomic E-state index is 12.5. The number of amides is 2. The van der Waals surface area contributed by atoms with Crippen LogP contribution in [0.4, 0.5) is 0 Å². The van der Waals surface area contributed by atoms with E-state index in [-0.39, 0.29) is 37.7 Å². The van der Waals surface area contributed by atoms with Crippen LogP contribution in [0.25, 0.3) is 6.08 Å². The van der Waals surface area contributed by atoms with Crippen LogP contribution in [0.3, 0.4) is 0 Å². The quantitative estimate of drug-likeness (QED) is 0.513. The fourth-order valence-electron chi connectivity index (χ4n) is 2.23. The third-order valence-corrected chi connectivity index (χ3v) is 4.90. The first-order valence-electron chi connectivity index (χ1n) is 7.79. The molecule has 138 valence electrons. The Balaban J connectivity index is 1.97. The van der Waals surface area contributed by atoms with E-state index in [1.165, 1.54) is 16.7 Å². The third-order valence-electron chi connectivity index (χ3n) is 3.52. The molecule has 1 aromatic carbocycles. The van der Waals surface area contributed by atoms with Gasteiger partial charge in [0.2, 0.25) is 5.91 Å². The monoisotopic (exact) mass is 394 g/mol. The standard InChI is InChI=1S/C17H18N2O5S2/c1-24-12-5-3-2-4-11(12)10-13-16(23)19(17(25)26-13)9-7-14(20)18-8-6-15(21)22/h2-5,10H,6-9H2,1H3,(H,18,20)(H,21,22)/b13-10-. The average Bonchev–Trinajstić information content (AvgIpc) is 2.86. The maximum atomic E-state index is 12.5. The summed E-state index contributed by atoms with van der Waals surface area (Å²) in [5.74, 6) is -0.919. The van der Waals surface area contributed by atoms with E-state index in [4.69, 9.17) is 22.1 Å². The van der Waals surface area contributed by atoms with Gasteiger partial charge in [0.25, 0.3) is 5.91 Å². The molecule has 1 aliphatic heterocycles. The topological polar surface area (TPSA) is 95.9 Å². The van der Waals surface area contributed by atoms with Crippen molar-refractivity contribution in [2.45, 2.75) is 12.8 Å². The van der Waals surface area contributed by atoms with Gasteiger partial charge in [-0.25, -0.2) is 0 Å². The van der Waals surface area contributed by atoms with Crippen molar-refractivity contribution in [2.24, 2.45) is 0 Å². The first-order chi connectivity index (χ1) is 12.4. The number of carbonyl (C=O) groups excluding carboxylic acids is 2. The van der Waals surface area contributed by atoms with E-state index in [2.05, 4.69) is 5.32 Å². The Morgan fingerprint density at radius 3 is 2.77 bits per heavy atom. The molecule has 7 nitrogen and oxygen atoms in total. The highest BCUT2D eigenvalue weighted by Crippen LogP contribution is 2.34. The summed E-state index contributed by atoms with van der Waals surface area (Å²) in [5.41, 5.74) is 0.766. The average molecular weight is 394 g/mol. The van der Waals surface area contributed by atoms with Gasteiger partial charge in [0.15, 0.2) is 0 Å². The number of aliphatic carboxylic acids is 1. The molecule has 2 N–H and O–H groups in total. The zero-order chi connectivity index (χ0) is 19.1. The molecule has 0 radical (unpaired) electrons. The van der Waals surface area contributed by atoms with E-state index in [1.807, 2.05) is 18.2 Å². The summed E-state index contributed by atoms with van der Waals surface area (Å²) in [4.78, 5) is 36.5. The lowest BCUT2D eigenvalue weighted by Gasteiger charge is -2.14. The number of thiocarbonyl (C=S) groups is 1. The number of carboxylic acids is 1. The second-order valence-electron chi connectivity index (χ2n) is 5.32. The molecular formula is C17H18N2O5S2. The van der Waals surface area contributed by atoms with E-state index < -0.39 is 5.97 Å². The molecule has 0 atom stereocenters. The molecule has 0 aromatic heterocycles. The van der Waals surface area contributed by atoms with E-state index in [1.54, 1.807) is 19.3 Å². The van der Waals surface area contributed by atoms with Gasteiger partial charge in [-0.3, -0.25) is 19.3 Å². The van der Waals surface area contributed by atoms with Crippen molar-refractivity contribution in [3.8, 4) is 5.75 Å². The van der Waals surface area contributed by atoms with Gasteiger partial charge in [-0.05, 0) is 12.1 Å². The summed E-state index contributed by atoms with van der Waals surface area (Å²) < 4.78 is 5.66. The van der Waals surface area contributed by atoms with Crippen molar-refractivity contribution < 1.29 is 24.2 Å². The van der Waals surface area contributed by atoms with Crippen LogP contribution < -0.4 is 10.1 Å². The summed E-state index contributed by atoms with van der Waals surface area (Å²) >= 11 is 6.41. The SMILES string of the molecule is COc1ccccc1/C=C1\SC(=S)N(CCC(=O)NCCC(=O)O)C1=O. The van der Waals surface area contributed by atoms with Crippen LogP contribution in [-0.2, 0) is 14.4 Å². The lowest BCUT2D eigenvalue weighted by Crippen LogP contribution is -2.34. The molecule has 0 aliphatic carbocycles. The van der Waals surface area contributed by atoms with Gasteiger partial charge in [0.05, 0.1) is 18.4 Å². The molecule has 0 bridgehead atoms. The Morgan fingerprint density at radius 1 is 1.35 bits per heavy atom. The summed E-state index contributed by atoms with van der Waals surface area (Å²) in [6.45, 7) is 0.201. The van der Waals surface area contributed by atoms with Crippen LogP contribution in [0.15, 0.2) is 29.2 Å². The lowest BCUT2D eigenvalue weighted by atomic mass is 10.2. The van der Waals surface area contributed by atoms with Crippen molar-refractivity contribution in [1.82, 2.24) is 10.2 Å². The fourth-order valence-corrected chi connectivity index (χ4v) is 3.53. The minimum absolute atomic E-state index is 0.0496. The predicted molar refractivity (Wildman–Crippen MR) is 103 cm³/mol. The van der Waals surface area contributed by atoms with E-state index >= 15 is 0 Å². The summed E-state index contributed by atoms with van der Waals surface area (Å²) in [6.07, 6.45) is 1.62. The highest BCUT2D eigenvalue weighted by Gasteiger charge is 2.32. The van der Waals surface area contributed by atoms with Crippen molar-refractivity contribution in [2.75, 3.05) is 20.2 Å². The maximum Gasteiger partial charge on any atom is 0.305 e. The molecule has 1 heterocycles. The Kier molecular flexibility index (Phi) is 7.16. The zero-order valence-corrected chi connectivity index (χ0v) is 15.7. The van der Waals surface area contributed by atoms with E-state index in [0.29, 0.717) is 15.0 Å². The molecular weight excluding hydrogens is 376 g/mol. The van der Waals surface area contributed by atoms with Gasteiger partial charge < -0.3 is 15.2 Å². The molecule has 2 rings (SSSR count). The number of ether oxygens (including phenoxy) is 1. The van der Waals surface area contributed by atoms with Crippen molar-refractivity contribution in [3.63, 3.8) is 0 Å². The van der Waals surface area contributed by atoms with Gasteiger partial charge in [-0.2, -0.15) is 0 Å². The lowest BCUT2D eigenvalue weighted by molar-refractivity contribution is -0.136. The molecule has 0 spiro atoms.